The fourth-order valence-corrected chi connectivity index (χ4v) is 3.14. The number of aromatic nitrogens is 3. The van der Waals surface area contributed by atoms with Gasteiger partial charge in [-0.1, -0.05) is 52.3 Å². The molecule has 0 spiro atoms. The number of nitrogens with zero attached hydrogens (tertiary/aromatic N) is 3. The predicted molar refractivity (Wildman–Crippen MR) is 109 cm³/mol. The third-order valence-electron chi connectivity index (χ3n) is 4.14. The fourth-order valence-electron chi connectivity index (χ4n) is 2.77. The Bertz CT molecular complexity index is 1010. The Kier molecular flexibility index (Phi) is 4.84. The van der Waals surface area contributed by atoms with E-state index in [0.717, 1.165) is 33.7 Å². The summed E-state index contributed by atoms with van der Waals surface area (Å²) < 4.78 is 0. The summed E-state index contributed by atoms with van der Waals surface area (Å²) in [6, 6.07) is 24.4. The minimum atomic E-state index is 0.840. The van der Waals surface area contributed by atoms with Crippen molar-refractivity contribution >= 4 is 15.9 Å². The third-order valence-corrected chi connectivity index (χ3v) is 4.79. The zero-order chi connectivity index (χ0) is 17.8. The number of hydrogen-bond donors (Lipinski definition) is 0. The normalized spacial score (nSPS) is 10.7. The highest BCUT2D eigenvalue weighted by atomic mass is 79.9. The van der Waals surface area contributed by atoms with Crippen molar-refractivity contribution in [2.24, 2.45) is 0 Å². The molecule has 3 nitrogen and oxygen atoms in total. The molecule has 0 bridgehead atoms. The molecule has 0 aliphatic rings. The summed E-state index contributed by atoms with van der Waals surface area (Å²) in [7, 11) is 0. The number of benzene rings is 1. The molecule has 0 atom stereocenters. The molecule has 0 radical (unpaired) electrons. The average Bonchev–Trinajstić information content (AvgIpc) is 2.75. The van der Waals surface area contributed by atoms with Crippen LogP contribution < -0.4 is 0 Å². The van der Waals surface area contributed by atoms with Crippen LogP contribution in [-0.2, 0) is 5.33 Å². The second kappa shape index (κ2) is 7.58. The highest BCUT2D eigenvalue weighted by molar-refractivity contribution is 9.08. The molecule has 0 saturated carbocycles. The van der Waals surface area contributed by atoms with Crippen LogP contribution in [0.4, 0.5) is 0 Å². The van der Waals surface area contributed by atoms with Crippen LogP contribution >= 0.6 is 15.9 Å². The van der Waals surface area contributed by atoms with Gasteiger partial charge in [0.2, 0.25) is 0 Å². The molecule has 1 aromatic carbocycles. The van der Waals surface area contributed by atoms with Gasteiger partial charge in [-0.2, -0.15) is 0 Å². The molecule has 4 heteroatoms. The Morgan fingerprint density at radius 2 is 1.35 bits per heavy atom. The number of halogens is 1. The molecule has 0 aliphatic carbocycles. The van der Waals surface area contributed by atoms with Crippen molar-refractivity contribution in [2.45, 2.75) is 5.33 Å². The molecule has 4 rings (SSSR count). The summed E-state index contributed by atoms with van der Waals surface area (Å²) >= 11 is 3.48. The maximum atomic E-state index is 4.74. The van der Waals surface area contributed by atoms with Gasteiger partial charge in [-0.15, -0.1) is 0 Å². The van der Waals surface area contributed by atoms with Gasteiger partial charge >= 0.3 is 0 Å². The molecule has 26 heavy (non-hydrogen) atoms. The van der Waals surface area contributed by atoms with Crippen LogP contribution in [0.25, 0.3) is 33.9 Å². The van der Waals surface area contributed by atoms with E-state index in [4.69, 9.17) is 4.98 Å². The predicted octanol–water partition coefficient (Wildman–Crippen LogP) is 5.77. The molecule has 0 unspecified atom stereocenters. The second-order valence-corrected chi connectivity index (χ2v) is 6.44. The molecule has 0 aliphatic heterocycles. The summed E-state index contributed by atoms with van der Waals surface area (Å²) in [5.74, 6) is 0. The largest absolute Gasteiger partial charge is 0.255 e. The highest BCUT2D eigenvalue weighted by Gasteiger charge is 2.07. The van der Waals surface area contributed by atoms with Gasteiger partial charge in [-0.25, -0.2) is 4.98 Å². The molecule has 4 aromatic rings. The first-order chi connectivity index (χ1) is 12.8. The molecule has 0 N–H and O–H groups in total. The van der Waals surface area contributed by atoms with E-state index >= 15 is 0 Å². The molecule has 3 aromatic heterocycles. The molecule has 126 valence electrons. The summed E-state index contributed by atoms with van der Waals surface area (Å²) in [6.45, 7) is 0. The van der Waals surface area contributed by atoms with Crippen molar-refractivity contribution in [2.75, 3.05) is 0 Å². The Hall–Kier alpha value is -2.85. The lowest BCUT2D eigenvalue weighted by Gasteiger charge is -2.07. The van der Waals surface area contributed by atoms with Crippen LogP contribution in [0.15, 0.2) is 85.2 Å². The van der Waals surface area contributed by atoms with Crippen LogP contribution in [0.1, 0.15) is 5.56 Å². The Morgan fingerprint density at radius 3 is 2.08 bits per heavy atom. The summed E-state index contributed by atoms with van der Waals surface area (Å²) in [6.07, 6.45) is 3.61. The first kappa shape index (κ1) is 16.6. The van der Waals surface area contributed by atoms with Crippen molar-refractivity contribution < 1.29 is 0 Å². The van der Waals surface area contributed by atoms with Crippen LogP contribution in [-0.4, -0.2) is 15.0 Å². The average molecular weight is 402 g/mol. The smallest absolute Gasteiger partial charge is 0.0894 e. The van der Waals surface area contributed by atoms with E-state index in [1.54, 1.807) is 6.20 Å². The Balaban J connectivity index is 1.70. The minimum absolute atomic E-state index is 0.840. The van der Waals surface area contributed by atoms with Gasteiger partial charge < -0.3 is 0 Å². The topological polar surface area (TPSA) is 38.7 Å². The zero-order valence-corrected chi connectivity index (χ0v) is 15.6. The number of rotatable bonds is 4. The summed E-state index contributed by atoms with van der Waals surface area (Å²) in [5, 5.41) is 0.860. The molecule has 3 heterocycles. The van der Waals surface area contributed by atoms with Gasteiger partial charge in [0.05, 0.1) is 22.8 Å². The van der Waals surface area contributed by atoms with Crippen molar-refractivity contribution in [3.05, 3.63) is 90.8 Å². The summed E-state index contributed by atoms with van der Waals surface area (Å²) in [4.78, 5) is 13.6. The van der Waals surface area contributed by atoms with E-state index in [2.05, 4.69) is 56.2 Å². The van der Waals surface area contributed by atoms with E-state index in [1.807, 2.05) is 48.7 Å². The monoisotopic (exact) mass is 401 g/mol. The Morgan fingerprint density at radius 1 is 0.615 bits per heavy atom. The lowest BCUT2D eigenvalue weighted by Crippen LogP contribution is -1.92. The van der Waals surface area contributed by atoms with Crippen molar-refractivity contribution in [3.8, 4) is 33.9 Å². The Labute approximate surface area is 160 Å². The van der Waals surface area contributed by atoms with Crippen molar-refractivity contribution in [1.29, 1.82) is 0 Å². The van der Waals surface area contributed by atoms with Crippen LogP contribution in [0.3, 0.4) is 0 Å². The van der Waals surface area contributed by atoms with Crippen LogP contribution in [0.5, 0.6) is 0 Å². The summed E-state index contributed by atoms with van der Waals surface area (Å²) in [5.41, 5.74) is 6.94. The quantitative estimate of drug-likeness (QED) is 0.407. The molecule has 0 amide bonds. The molecule has 0 saturated heterocycles. The van der Waals surface area contributed by atoms with Gasteiger partial charge in [-0.3, -0.25) is 9.97 Å². The number of pyridine rings is 3. The van der Waals surface area contributed by atoms with E-state index in [-0.39, 0.29) is 0 Å². The minimum Gasteiger partial charge on any atom is -0.255 e. The lowest BCUT2D eigenvalue weighted by molar-refractivity contribution is 1.22. The van der Waals surface area contributed by atoms with Gasteiger partial charge in [0, 0.05) is 17.7 Å². The van der Waals surface area contributed by atoms with Gasteiger partial charge in [0.25, 0.3) is 0 Å². The van der Waals surface area contributed by atoms with E-state index in [9.17, 15) is 0 Å². The maximum Gasteiger partial charge on any atom is 0.0894 e. The van der Waals surface area contributed by atoms with Gasteiger partial charge in [0.15, 0.2) is 0 Å². The van der Waals surface area contributed by atoms with Crippen LogP contribution in [0, 0.1) is 0 Å². The number of hydrogen-bond acceptors (Lipinski definition) is 3. The molecule has 0 fully saturated rings. The zero-order valence-electron chi connectivity index (χ0n) is 14.0. The van der Waals surface area contributed by atoms with Gasteiger partial charge in [0.1, 0.15) is 0 Å². The standard InChI is InChI=1S/C22H16BrN3/c23-15-16-7-9-17(10-8-16)18-11-13-25-22(14-18)21-6-3-5-20(26-21)19-4-1-2-12-24-19/h1-14H,15H2. The lowest BCUT2D eigenvalue weighted by atomic mass is 10.0. The SMILES string of the molecule is BrCc1ccc(-c2ccnc(-c3cccc(-c4ccccn4)n3)c2)cc1. The van der Waals surface area contributed by atoms with Crippen molar-refractivity contribution in [3.63, 3.8) is 0 Å². The third kappa shape index (κ3) is 3.55. The van der Waals surface area contributed by atoms with E-state index in [0.29, 0.717) is 0 Å². The first-order valence-corrected chi connectivity index (χ1v) is 9.46. The van der Waals surface area contributed by atoms with Crippen molar-refractivity contribution in [1.82, 2.24) is 15.0 Å². The van der Waals surface area contributed by atoms with Gasteiger partial charge in [-0.05, 0) is 53.1 Å². The second-order valence-electron chi connectivity index (χ2n) is 5.88. The fraction of sp³-hybridized carbons (Fsp3) is 0.0455. The maximum absolute atomic E-state index is 4.74. The van der Waals surface area contributed by atoms with Crippen LogP contribution in [0.2, 0.25) is 0 Å². The molecular formula is C22H16BrN3. The highest BCUT2D eigenvalue weighted by Crippen LogP contribution is 2.25. The van der Waals surface area contributed by atoms with E-state index < -0.39 is 0 Å². The van der Waals surface area contributed by atoms with E-state index in [1.165, 1.54) is 11.1 Å². The molecular weight excluding hydrogens is 386 g/mol. The number of alkyl halides is 1. The first-order valence-electron chi connectivity index (χ1n) is 8.34.